The predicted octanol–water partition coefficient (Wildman–Crippen LogP) is 5.78. The molecule has 3 aromatic carbocycles. The number of sulfonamides is 1. The Labute approximate surface area is 207 Å². The average Bonchev–Trinajstić information content (AvgIpc) is 2.78. The van der Waals surface area contributed by atoms with Crippen molar-refractivity contribution >= 4 is 49.1 Å². The van der Waals surface area contributed by atoms with Crippen molar-refractivity contribution in [3.05, 3.63) is 81.3 Å². The summed E-state index contributed by atoms with van der Waals surface area (Å²) >= 11 is 9.64. The molecule has 0 atom stereocenters. The second-order valence-corrected chi connectivity index (χ2v) is 10.3. The van der Waals surface area contributed by atoms with E-state index in [1.807, 2.05) is 19.9 Å². The van der Waals surface area contributed by atoms with Crippen LogP contribution in [0.4, 0.5) is 5.69 Å². The van der Waals surface area contributed by atoms with E-state index < -0.39 is 22.5 Å². The summed E-state index contributed by atoms with van der Waals surface area (Å²) in [5, 5.41) is 0.175. The zero-order chi connectivity index (χ0) is 24.2. The monoisotopic (exact) mass is 551 g/mol. The summed E-state index contributed by atoms with van der Waals surface area (Å²) in [6, 6.07) is 16.0. The van der Waals surface area contributed by atoms with Gasteiger partial charge in [-0.3, -0.25) is 4.79 Å². The predicted molar refractivity (Wildman–Crippen MR) is 133 cm³/mol. The van der Waals surface area contributed by atoms with Crippen LogP contribution in [0.15, 0.2) is 70.0 Å². The van der Waals surface area contributed by atoms with Crippen LogP contribution in [-0.2, 0) is 21.2 Å². The highest BCUT2D eigenvalue weighted by atomic mass is 79.9. The molecule has 6 nitrogen and oxygen atoms in total. The van der Waals surface area contributed by atoms with Gasteiger partial charge in [-0.1, -0.05) is 52.2 Å². The molecule has 0 aliphatic carbocycles. The van der Waals surface area contributed by atoms with Gasteiger partial charge in [0.15, 0.2) is 6.61 Å². The number of hydrogen-bond acceptors (Lipinski definition) is 5. The molecule has 1 amide bonds. The average molecular weight is 553 g/mol. The molecule has 0 bridgehead atoms. The van der Waals surface area contributed by atoms with Gasteiger partial charge in [0.05, 0.1) is 22.7 Å². The van der Waals surface area contributed by atoms with Crippen molar-refractivity contribution in [2.75, 3.05) is 18.0 Å². The molecule has 33 heavy (non-hydrogen) atoms. The highest BCUT2D eigenvalue weighted by Gasteiger charge is 2.32. The molecule has 0 N–H and O–H groups in total. The van der Waals surface area contributed by atoms with Gasteiger partial charge < -0.3 is 9.47 Å². The topological polar surface area (TPSA) is 72.9 Å². The largest absolute Gasteiger partial charge is 0.495 e. The van der Waals surface area contributed by atoms with Gasteiger partial charge in [0.1, 0.15) is 11.5 Å². The normalized spacial score (nSPS) is 11.2. The van der Waals surface area contributed by atoms with Crippen LogP contribution in [0.2, 0.25) is 5.02 Å². The smallest absolute Gasteiger partial charge is 0.278 e. The molecule has 174 valence electrons. The lowest BCUT2D eigenvalue weighted by molar-refractivity contribution is -0.119. The SMILES string of the molecule is CCc1cc(Br)ccc1OCC(=O)N(c1ccc(OC)c(Cl)c1)S(=O)(=O)c1ccc(C)cc1. The number of rotatable bonds is 8. The third kappa shape index (κ3) is 5.69. The van der Waals surface area contributed by atoms with Gasteiger partial charge >= 0.3 is 0 Å². The van der Waals surface area contributed by atoms with E-state index in [2.05, 4.69) is 15.9 Å². The Hall–Kier alpha value is -2.55. The van der Waals surface area contributed by atoms with E-state index >= 15 is 0 Å². The van der Waals surface area contributed by atoms with E-state index in [-0.39, 0.29) is 15.6 Å². The molecule has 0 unspecified atom stereocenters. The Bertz CT molecular complexity index is 1260. The van der Waals surface area contributed by atoms with Gasteiger partial charge in [-0.15, -0.1) is 0 Å². The second kappa shape index (κ2) is 10.6. The lowest BCUT2D eigenvalue weighted by atomic mass is 10.1. The summed E-state index contributed by atoms with van der Waals surface area (Å²) in [4.78, 5) is 13.3. The number of nitrogens with zero attached hydrogens (tertiary/aromatic N) is 1. The van der Waals surface area contributed by atoms with Crippen molar-refractivity contribution < 1.29 is 22.7 Å². The maximum Gasteiger partial charge on any atom is 0.278 e. The van der Waals surface area contributed by atoms with E-state index in [0.29, 0.717) is 22.2 Å². The van der Waals surface area contributed by atoms with Gasteiger partial charge in [-0.05, 0) is 67.4 Å². The standard InChI is InChI=1S/C24H23BrClNO5S/c1-4-17-13-18(25)7-11-22(17)32-15-24(28)27(19-8-12-23(31-3)21(26)14-19)33(29,30)20-9-5-16(2)6-10-20/h5-14H,4,15H2,1-3H3. The lowest BCUT2D eigenvalue weighted by Gasteiger charge is -2.23. The number of halogens is 2. The number of hydrogen-bond donors (Lipinski definition) is 0. The Balaban J connectivity index is 2.00. The number of aryl methyl sites for hydroxylation is 2. The molecule has 0 aliphatic rings. The highest BCUT2D eigenvalue weighted by Crippen LogP contribution is 2.32. The van der Waals surface area contributed by atoms with E-state index in [1.54, 1.807) is 24.3 Å². The van der Waals surface area contributed by atoms with Crippen molar-refractivity contribution in [2.45, 2.75) is 25.2 Å². The minimum absolute atomic E-state index is 0.0220. The van der Waals surface area contributed by atoms with Crippen LogP contribution in [0.5, 0.6) is 11.5 Å². The first-order valence-electron chi connectivity index (χ1n) is 10.1. The molecule has 0 fully saturated rings. The van der Waals surface area contributed by atoms with Gasteiger partial charge in [0, 0.05) is 4.47 Å². The number of ether oxygens (including phenoxy) is 2. The van der Waals surface area contributed by atoms with E-state index in [9.17, 15) is 13.2 Å². The minimum Gasteiger partial charge on any atom is -0.495 e. The third-order valence-electron chi connectivity index (χ3n) is 4.91. The summed E-state index contributed by atoms with van der Waals surface area (Å²) in [7, 11) is -2.79. The molecule has 3 rings (SSSR count). The van der Waals surface area contributed by atoms with Crippen LogP contribution in [0, 0.1) is 6.92 Å². The van der Waals surface area contributed by atoms with Crippen molar-refractivity contribution in [1.29, 1.82) is 0 Å². The van der Waals surface area contributed by atoms with E-state index in [0.717, 1.165) is 15.6 Å². The first kappa shape index (κ1) is 25.1. The zero-order valence-electron chi connectivity index (χ0n) is 18.3. The van der Waals surface area contributed by atoms with Crippen LogP contribution in [0.3, 0.4) is 0 Å². The Morgan fingerprint density at radius 3 is 2.30 bits per heavy atom. The number of benzene rings is 3. The molecule has 9 heteroatoms. The lowest BCUT2D eigenvalue weighted by Crippen LogP contribution is -2.40. The quantitative estimate of drug-likeness (QED) is 0.354. The summed E-state index contributed by atoms with van der Waals surface area (Å²) < 4.78 is 39.5. The van der Waals surface area contributed by atoms with Gasteiger partial charge in [0.2, 0.25) is 0 Å². The van der Waals surface area contributed by atoms with Gasteiger partial charge in [-0.25, -0.2) is 8.42 Å². The van der Waals surface area contributed by atoms with Crippen molar-refractivity contribution in [3.8, 4) is 11.5 Å². The zero-order valence-corrected chi connectivity index (χ0v) is 21.5. The summed E-state index contributed by atoms with van der Waals surface area (Å²) in [6.45, 7) is 3.33. The maximum absolute atomic E-state index is 13.5. The Morgan fingerprint density at radius 2 is 1.70 bits per heavy atom. The molecule has 0 radical (unpaired) electrons. The fraction of sp³-hybridized carbons (Fsp3) is 0.208. The van der Waals surface area contributed by atoms with Crippen molar-refractivity contribution in [3.63, 3.8) is 0 Å². The van der Waals surface area contributed by atoms with Crippen LogP contribution in [0.1, 0.15) is 18.1 Å². The van der Waals surface area contributed by atoms with E-state index in [1.165, 1.54) is 37.4 Å². The number of anilines is 1. The van der Waals surface area contributed by atoms with Crippen molar-refractivity contribution in [1.82, 2.24) is 0 Å². The fourth-order valence-electron chi connectivity index (χ4n) is 3.18. The molecule has 0 spiro atoms. The molecular weight excluding hydrogens is 530 g/mol. The van der Waals surface area contributed by atoms with Gasteiger partial charge in [-0.2, -0.15) is 4.31 Å². The maximum atomic E-state index is 13.5. The molecule has 0 saturated carbocycles. The Kier molecular flexibility index (Phi) is 8.05. The number of amides is 1. The fourth-order valence-corrected chi connectivity index (χ4v) is 5.24. The highest BCUT2D eigenvalue weighted by molar-refractivity contribution is 9.10. The molecule has 0 saturated heterocycles. The molecule has 0 aromatic heterocycles. The number of methoxy groups -OCH3 is 1. The minimum atomic E-state index is -4.24. The van der Waals surface area contributed by atoms with Crippen molar-refractivity contribution in [2.24, 2.45) is 0 Å². The van der Waals surface area contributed by atoms with E-state index in [4.69, 9.17) is 21.1 Å². The Morgan fingerprint density at radius 1 is 1.03 bits per heavy atom. The van der Waals surface area contributed by atoms with Gasteiger partial charge in [0.25, 0.3) is 15.9 Å². The molecule has 0 aliphatic heterocycles. The number of carbonyl (C=O) groups is 1. The molecular formula is C24H23BrClNO5S. The summed E-state index contributed by atoms with van der Waals surface area (Å²) in [5.74, 6) is 0.107. The van der Waals surface area contributed by atoms with Crippen LogP contribution >= 0.6 is 27.5 Å². The first-order valence-corrected chi connectivity index (χ1v) is 12.7. The van der Waals surface area contributed by atoms with Crippen LogP contribution in [-0.4, -0.2) is 28.0 Å². The third-order valence-corrected chi connectivity index (χ3v) is 7.46. The first-order chi connectivity index (χ1) is 15.7. The summed E-state index contributed by atoms with van der Waals surface area (Å²) in [6.07, 6.45) is 0.683. The van der Waals surface area contributed by atoms with Crippen LogP contribution in [0.25, 0.3) is 0 Å². The molecule has 3 aromatic rings. The second-order valence-electron chi connectivity index (χ2n) is 7.19. The van der Waals surface area contributed by atoms with Crippen LogP contribution < -0.4 is 13.8 Å². The summed E-state index contributed by atoms with van der Waals surface area (Å²) in [5.41, 5.74) is 1.86. The molecule has 0 heterocycles. The number of carbonyl (C=O) groups excluding carboxylic acids is 1.